The van der Waals surface area contributed by atoms with Crippen molar-refractivity contribution in [1.82, 2.24) is 9.78 Å². The van der Waals surface area contributed by atoms with Crippen LogP contribution in [0.3, 0.4) is 0 Å². The Balaban J connectivity index is 2.43. The van der Waals surface area contributed by atoms with E-state index in [1.807, 2.05) is 0 Å². The average Bonchev–Trinajstić information content (AvgIpc) is 2.64. The van der Waals surface area contributed by atoms with E-state index in [1.165, 1.54) is 4.68 Å². The molecule has 0 aliphatic carbocycles. The minimum atomic E-state index is -4.22. The quantitative estimate of drug-likeness (QED) is 0.599. The van der Waals surface area contributed by atoms with Gasteiger partial charge in [0.15, 0.2) is 5.82 Å². The molecule has 1 rings (SSSR count). The molecule has 0 saturated heterocycles. The minimum Gasteiger partial charge on any atom is -0.375 e. The van der Waals surface area contributed by atoms with E-state index >= 15 is 0 Å². The fourth-order valence-electron chi connectivity index (χ4n) is 1.37. The molecule has 1 amide bonds. The van der Waals surface area contributed by atoms with Crippen LogP contribution in [0.1, 0.15) is 18.5 Å². The zero-order valence-electron chi connectivity index (χ0n) is 10.9. The molecule has 0 fully saturated rings. The van der Waals surface area contributed by atoms with Crippen LogP contribution in [-0.4, -0.2) is 34.2 Å². The number of carbonyl (C=O) groups is 1. The Kier molecular flexibility index (Phi) is 6.34. The van der Waals surface area contributed by atoms with Crippen molar-refractivity contribution in [3.8, 4) is 0 Å². The van der Waals surface area contributed by atoms with Crippen molar-refractivity contribution in [3.05, 3.63) is 11.8 Å². The molecule has 0 atom stereocenters. The molecule has 1 aromatic heterocycles. The van der Waals surface area contributed by atoms with Gasteiger partial charge in [-0.25, -0.2) is 0 Å². The molecule has 0 aliphatic heterocycles. The number of aromatic nitrogens is 2. The van der Waals surface area contributed by atoms with E-state index in [1.54, 1.807) is 13.1 Å². The molecule has 5 nitrogen and oxygen atoms in total. The topological polar surface area (TPSA) is 56.2 Å². The second kappa shape index (κ2) is 7.53. The van der Waals surface area contributed by atoms with Gasteiger partial charge in [0.25, 0.3) is 0 Å². The number of aryl methyl sites for hydroxylation is 1. The number of hydrogen-bond acceptors (Lipinski definition) is 4. The van der Waals surface area contributed by atoms with E-state index in [2.05, 4.69) is 23.0 Å². The minimum absolute atomic E-state index is 0.00200. The summed E-state index contributed by atoms with van der Waals surface area (Å²) in [6, 6.07) is 1.56. The van der Waals surface area contributed by atoms with Crippen molar-refractivity contribution < 1.29 is 22.7 Å². The van der Waals surface area contributed by atoms with Gasteiger partial charge in [0, 0.05) is 19.5 Å². The highest BCUT2D eigenvalue weighted by atomic mass is 32.1. The van der Waals surface area contributed by atoms with E-state index in [9.17, 15) is 18.0 Å². The highest BCUT2D eigenvalue weighted by Gasteiger charge is 2.26. The van der Waals surface area contributed by atoms with Gasteiger partial charge >= 0.3 is 6.18 Å². The Bertz CT molecular complexity index is 449. The molecule has 0 spiro atoms. The SMILES string of the molecule is Cn1nc(NC(=O)CCS)cc1COCCC(F)(F)F. The number of anilines is 1. The van der Waals surface area contributed by atoms with Crippen molar-refractivity contribution in [1.29, 1.82) is 0 Å². The first-order chi connectivity index (χ1) is 9.31. The maximum Gasteiger partial charge on any atom is 0.391 e. The van der Waals surface area contributed by atoms with Crippen LogP contribution in [0.5, 0.6) is 0 Å². The van der Waals surface area contributed by atoms with Gasteiger partial charge in [0.05, 0.1) is 25.3 Å². The molecular formula is C11H16F3N3O2S. The van der Waals surface area contributed by atoms with Gasteiger partial charge in [-0.2, -0.15) is 30.9 Å². The molecule has 1 aromatic rings. The van der Waals surface area contributed by atoms with Gasteiger partial charge in [-0.3, -0.25) is 9.48 Å². The first-order valence-electron chi connectivity index (χ1n) is 5.90. The van der Waals surface area contributed by atoms with Gasteiger partial charge in [0.1, 0.15) is 0 Å². The average molecular weight is 311 g/mol. The van der Waals surface area contributed by atoms with Crippen molar-refractivity contribution in [2.75, 3.05) is 17.7 Å². The number of halogens is 3. The summed E-state index contributed by atoms with van der Waals surface area (Å²) in [5, 5.41) is 6.58. The Labute approximate surface area is 119 Å². The molecule has 9 heteroatoms. The predicted octanol–water partition coefficient (Wildman–Crippen LogP) is 2.15. The molecule has 0 aliphatic rings. The van der Waals surface area contributed by atoms with Crippen LogP contribution in [0.25, 0.3) is 0 Å². The summed E-state index contributed by atoms with van der Waals surface area (Å²) < 4.78 is 42.2. The van der Waals surface area contributed by atoms with Gasteiger partial charge < -0.3 is 10.1 Å². The molecule has 0 saturated carbocycles. The molecule has 0 aromatic carbocycles. The first-order valence-corrected chi connectivity index (χ1v) is 6.53. The third-order valence-electron chi connectivity index (χ3n) is 2.36. The van der Waals surface area contributed by atoms with Crippen molar-refractivity contribution in [2.24, 2.45) is 7.05 Å². The third-order valence-corrected chi connectivity index (χ3v) is 2.59. The molecular weight excluding hydrogens is 295 g/mol. The zero-order valence-corrected chi connectivity index (χ0v) is 11.8. The van der Waals surface area contributed by atoms with Crippen LogP contribution >= 0.6 is 12.6 Å². The molecule has 1 N–H and O–H groups in total. The summed E-state index contributed by atoms with van der Waals surface area (Å²) in [6.45, 7) is -0.405. The summed E-state index contributed by atoms with van der Waals surface area (Å²) in [6.07, 6.45) is -4.95. The van der Waals surface area contributed by atoms with Crippen LogP contribution in [0.15, 0.2) is 6.07 Å². The lowest BCUT2D eigenvalue weighted by Gasteiger charge is -2.06. The fourth-order valence-corrected chi connectivity index (χ4v) is 1.58. The zero-order chi connectivity index (χ0) is 15.2. The number of nitrogens with one attached hydrogen (secondary N) is 1. The standard InChI is InChI=1S/C11H16F3N3O2S/c1-17-8(7-19-4-3-11(12,13)14)6-9(16-17)15-10(18)2-5-20/h6,20H,2-5,7H2,1H3,(H,15,16,18). The Morgan fingerprint density at radius 2 is 2.25 bits per heavy atom. The van der Waals surface area contributed by atoms with Crippen molar-refractivity contribution >= 4 is 24.4 Å². The summed E-state index contributed by atoms with van der Waals surface area (Å²) >= 11 is 3.93. The van der Waals surface area contributed by atoms with Crippen LogP contribution in [-0.2, 0) is 23.2 Å². The number of hydrogen-bond donors (Lipinski definition) is 2. The maximum atomic E-state index is 11.9. The lowest BCUT2D eigenvalue weighted by Crippen LogP contribution is -2.12. The van der Waals surface area contributed by atoms with Crippen LogP contribution in [0, 0.1) is 0 Å². The second-order valence-electron chi connectivity index (χ2n) is 4.08. The van der Waals surface area contributed by atoms with Crippen LogP contribution in [0.4, 0.5) is 19.0 Å². The Morgan fingerprint density at radius 1 is 1.55 bits per heavy atom. The number of carbonyl (C=O) groups excluding carboxylic acids is 1. The molecule has 0 bridgehead atoms. The highest BCUT2D eigenvalue weighted by Crippen LogP contribution is 2.19. The summed E-state index contributed by atoms with van der Waals surface area (Å²) in [4.78, 5) is 11.3. The van der Waals surface area contributed by atoms with Gasteiger partial charge in [0.2, 0.25) is 5.91 Å². The lowest BCUT2D eigenvalue weighted by atomic mass is 10.4. The first kappa shape index (κ1) is 16.8. The number of thiol groups is 1. The smallest absolute Gasteiger partial charge is 0.375 e. The van der Waals surface area contributed by atoms with E-state index in [-0.39, 0.29) is 18.9 Å². The van der Waals surface area contributed by atoms with E-state index in [0.29, 0.717) is 17.3 Å². The number of alkyl halides is 3. The summed E-state index contributed by atoms with van der Waals surface area (Å²) in [7, 11) is 1.62. The van der Waals surface area contributed by atoms with E-state index in [0.717, 1.165) is 0 Å². The summed E-state index contributed by atoms with van der Waals surface area (Å²) in [5.41, 5.74) is 0.577. The Morgan fingerprint density at radius 3 is 2.85 bits per heavy atom. The normalized spacial score (nSPS) is 11.7. The fraction of sp³-hybridized carbons (Fsp3) is 0.636. The number of rotatable bonds is 7. The molecule has 20 heavy (non-hydrogen) atoms. The van der Waals surface area contributed by atoms with Gasteiger partial charge in [-0.1, -0.05) is 0 Å². The van der Waals surface area contributed by atoms with Crippen LogP contribution < -0.4 is 5.32 Å². The highest BCUT2D eigenvalue weighted by molar-refractivity contribution is 7.80. The predicted molar refractivity (Wildman–Crippen MR) is 70.6 cm³/mol. The van der Waals surface area contributed by atoms with Crippen LogP contribution in [0.2, 0.25) is 0 Å². The number of nitrogens with zero attached hydrogens (tertiary/aromatic N) is 2. The van der Waals surface area contributed by atoms with Gasteiger partial charge in [-0.05, 0) is 5.75 Å². The maximum absolute atomic E-state index is 11.9. The van der Waals surface area contributed by atoms with E-state index < -0.39 is 19.2 Å². The summed E-state index contributed by atoms with van der Waals surface area (Å²) in [5.74, 6) is 0.544. The second-order valence-corrected chi connectivity index (χ2v) is 4.53. The van der Waals surface area contributed by atoms with E-state index in [4.69, 9.17) is 4.74 Å². The molecule has 114 valence electrons. The number of ether oxygens (including phenoxy) is 1. The molecule has 0 unspecified atom stereocenters. The molecule has 0 radical (unpaired) electrons. The lowest BCUT2D eigenvalue weighted by molar-refractivity contribution is -0.146. The Hall–Kier alpha value is -1.22. The van der Waals surface area contributed by atoms with Crippen molar-refractivity contribution in [3.63, 3.8) is 0 Å². The third kappa shape index (κ3) is 6.29. The van der Waals surface area contributed by atoms with Crippen molar-refractivity contribution in [2.45, 2.75) is 25.6 Å². The van der Waals surface area contributed by atoms with Gasteiger partial charge in [-0.15, -0.1) is 0 Å². The number of amides is 1. The largest absolute Gasteiger partial charge is 0.391 e. The molecule has 1 heterocycles. The monoisotopic (exact) mass is 311 g/mol.